The lowest BCUT2D eigenvalue weighted by molar-refractivity contribution is -0.152. The highest BCUT2D eigenvalue weighted by Gasteiger charge is 2.30. The minimum atomic E-state index is -0.537. The van der Waals surface area contributed by atoms with E-state index in [4.69, 9.17) is 9.47 Å². The lowest BCUT2D eigenvalue weighted by atomic mass is 9.97. The van der Waals surface area contributed by atoms with E-state index in [1.807, 2.05) is 32.9 Å². The van der Waals surface area contributed by atoms with E-state index in [0.717, 1.165) is 16.9 Å². The molecule has 1 aromatic rings. The van der Waals surface area contributed by atoms with E-state index in [-0.39, 0.29) is 17.8 Å². The molecule has 1 aliphatic heterocycles. The zero-order chi connectivity index (χ0) is 17.7. The van der Waals surface area contributed by atoms with E-state index in [2.05, 4.69) is 6.07 Å². The minimum Gasteiger partial charge on any atom is -0.481 e. The van der Waals surface area contributed by atoms with E-state index >= 15 is 0 Å². The first-order chi connectivity index (χ1) is 11.4. The van der Waals surface area contributed by atoms with Gasteiger partial charge in [-0.05, 0) is 63.8 Å². The summed E-state index contributed by atoms with van der Waals surface area (Å²) in [4.78, 5) is 26.1. The summed E-state index contributed by atoms with van der Waals surface area (Å²) in [6.07, 6.45) is 0.771. The number of carbonyl (C=O) groups excluding carboxylic acids is 2. The molecule has 24 heavy (non-hydrogen) atoms. The molecule has 5 nitrogen and oxygen atoms in total. The predicted molar refractivity (Wildman–Crippen MR) is 91.9 cm³/mol. The van der Waals surface area contributed by atoms with Crippen LogP contribution in [0.3, 0.4) is 0 Å². The van der Waals surface area contributed by atoms with Crippen molar-refractivity contribution < 1.29 is 19.1 Å². The van der Waals surface area contributed by atoms with E-state index < -0.39 is 6.10 Å². The van der Waals surface area contributed by atoms with Gasteiger partial charge in [-0.15, -0.1) is 0 Å². The van der Waals surface area contributed by atoms with Gasteiger partial charge < -0.3 is 14.4 Å². The highest BCUT2D eigenvalue weighted by molar-refractivity contribution is 5.81. The van der Waals surface area contributed by atoms with Crippen molar-refractivity contribution in [3.05, 3.63) is 29.3 Å². The van der Waals surface area contributed by atoms with Crippen molar-refractivity contribution in [2.24, 2.45) is 5.92 Å². The van der Waals surface area contributed by atoms with Crippen LogP contribution in [0.4, 0.5) is 0 Å². The summed E-state index contributed by atoms with van der Waals surface area (Å²) in [7, 11) is 0. The molecule has 1 fully saturated rings. The third-order valence-corrected chi connectivity index (χ3v) is 4.28. The molecule has 1 aliphatic rings. The zero-order valence-corrected chi connectivity index (χ0v) is 15.0. The maximum atomic E-state index is 12.6. The molecule has 0 N–H and O–H groups in total. The fraction of sp³-hybridized carbons (Fsp3) is 0.579. The number of amides is 1. The van der Waals surface area contributed by atoms with Gasteiger partial charge in [0.05, 0.1) is 12.5 Å². The van der Waals surface area contributed by atoms with Crippen LogP contribution < -0.4 is 4.74 Å². The highest BCUT2D eigenvalue weighted by Crippen LogP contribution is 2.21. The number of rotatable bonds is 5. The number of hydrogen-bond donors (Lipinski definition) is 0. The normalized spacial score (nSPS) is 16.6. The molecule has 1 atom stereocenters. The Hall–Kier alpha value is -2.04. The van der Waals surface area contributed by atoms with Crippen molar-refractivity contribution in [1.82, 2.24) is 4.90 Å². The van der Waals surface area contributed by atoms with E-state index in [1.54, 1.807) is 11.8 Å². The van der Waals surface area contributed by atoms with Crippen molar-refractivity contribution in [2.45, 2.75) is 46.6 Å². The predicted octanol–water partition coefficient (Wildman–Crippen LogP) is 2.87. The van der Waals surface area contributed by atoms with Crippen LogP contribution in [0.1, 0.15) is 37.8 Å². The average molecular weight is 333 g/mol. The van der Waals surface area contributed by atoms with E-state index in [0.29, 0.717) is 32.5 Å². The van der Waals surface area contributed by atoms with Crippen molar-refractivity contribution in [3.63, 3.8) is 0 Å². The zero-order valence-electron chi connectivity index (χ0n) is 15.0. The molecule has 5 heteroatoms. The Morgan fingerprint density at radius 3 is 2.29 bits per heavy atom. The number of hydrogen-bond acceptors (Lipinski definition) is 4. The Kier molecular flexibility index (Phi) is 6.23. The van der Waals surface area contributed by atoms with Crippen molar-refractivity contribution >= 4 is 11.9 Å². The Balaban J connectivity index is 1.89. The molecular weight excluding hydrogens is 306 g/mol. The quantitative estimate of drug-likeness (QED) is 0.778. The van der Waals surface area contributed by atoms with Gasteiger partial charge in [-0.2, -0.15) is 0 Å². The van der Waals surface area contributed by atoms with E-state index in [1.165, 1.54) is 0 Å². The van der Waals surface area contributed by atoms with Crippen molar-refractivity contribution in [3.8, 4) is 5.75 Å². The van der Waals surface area contributed by atoms with Gasteiger partial charge in [0.15, 0.2) is 6.10 Å². The Morgan fingerprint density at radius 1 is 1.17 bits per heavy atom. The van der Waals surface area contributed by atoms with Crippen LogP contribution >= 0.6 is 0 Å². The van der Waals surface area contributed by atoms with Crippen LogP contribution in [-0.2, 0) is 14.3 Å². The molecule has 2 rings (SSSR count). The first-order valence-electron chi connectivity index (χ1n) is 8.61. The maximum absolute atomic E-state index is 12.6. The summed E-state index contributed by atoms with van der Waals surface area (Å²) in [5.74, 6) is 0.444. The minimum absolute atomic E-state index is 0.0310. The van der Waals surface area contributed by atoms with Crippen LogP contribution in [0.25, 0.3) is 0 Å². The summed E-state index contributed by atoms with van der Waals surface area (Å²) in [6, 6.07) is 5.94. The molecule has 1 amide bonds. The number of carbonyl (C=O) groups is 2. The molecule has 0 spiro atoms. The summed E-state index contributed by atoms with van der Waals surface area (Å²) in [5, 5.41) is 0. The number of piperidine rings is 1. The molecule has 1 heterocycles. The second kappa shape index (κ2) is 8.18. The van der Waals surface area contributed by atoms with Gasteiger partial charge in [-0.25, -0.2) is 0 Å². The number of esters is 1. The lowest BCUT2D eigenvalue weighted by Crippen LogP contribution is -2.45. The second-order valence-electron chi connectivity index (χ2n) is 6.44. The Labute approximate surface area is 143 Å². The number of ether oxygens (including phenoxy) is 2. The van der Waals surface area contributed by atoms with Crippen molar-refractivity contribution in [1.29, 1.82) is 0 Å². The van der Waals surface area contributed by atoms with Gasteiger partial charge in [0.1, 0.15) is 5.75 Å². The fourth-order valence-electron chi connectivity index (χ4n) is 3.11. The molecule has 1 saturated heterocycles. The van der Waals surface area contributed by atoms with Crippen LogP contribution in [-0.4, -0.2) is 42.6 Å². The topological polar surface area (TPSA) is 55.8 Å². The number of nitrogens with zero attached hydrogens (tertiary/aromatic N) is 1. The number of benzene rings is 1. The molecular formula is C19H27NO4. The molecule has 132 valence electrons. The molecule has 0 unspecified atom stereocenters. The van der Waals surface area contributed by atoms with Gasteiger partial charge >= 0.3 is 5.97 Å². The third-order valence-electron chi connectivity index (χ3n) is 4.28. The van der Waals surface area contributed by atoms with Crippen LogP contribution in [0.5, 0.6) is 5.75 Å². The van der Waals surface area contributed by atoms with E-state index in [9.17, 15) is 9.59 Å². The van der Waals surface area contributed by atoms with Gasteiger partial charge in [0.2, 0.25) is 0 Å². The average Bonchev–Trinajstić information content (AvgIpc) is 2.53. The second-order valence-corrected chi connectivity index (χ2v) is 6.44. The molecule has 0 radical (unpaired) electrons. The van der Waals surface area contributed by atoms with Crippen LogP contribution in [0.15, 0.2) is 18.2 Å². The van der Waals surface area contributed by atoms with Gasteiger partial charge in [-0.3, -0.25) is 9.59 Å². The molecule has 0 saturated carbocycles. The van der Waals surface area contributed by atoms with Gasteiger partial charge in [-0.1, -0.05) is 6.07 Å². The largest absolute Gasteiger partial charge is 0.481 e. The van der Waals surface area contributed by atoms with Crippen molar-refractivity contribution in [2.75, 3.05) is 19.7 Å². The number of aryl methyl sites for hydroxylation is 2. The van der Waals surface area contributed by atoms with Gasteiger partial charge in [0.25, 0.3) is 5.91 Å². The summed E-state index contributed by atoms with van der Waals surface area (Å²) in [5.41, 5.74) is 2.22. The molecule has 0 aromatic heterocycles. The number of likely N-dealkylation sites (tertiary alicyclic amines) is 1. The molecule has 0 aliphatic carbocycles. The Morgan fingerprint density at radius 2 is 1.75 bits per heavy atom. The summed E-state index contributed by atoms with van der Waals surface area (Å²) < 4.78 is 10.9. The smallest absolute Gasteiger partial charge is 0.309 e. The first kappa shape index (κ1) is 18.3. The monoisotopic (exact) mass is 333 g/mol. The third kappa shape index (κ3) is 4.73. The maximum Gasteiger partial charge on any atom is 0.309 e. The SMILES string of the molecule is CCOC(=O)C1CCN(C(=O)[C@@H](C)Oc2cc(C)cc(C)c2)CC1. The standard InChI is InChI=1S/C19H27NO4/c1-5-23-19(22)16-6-8-20(9-7-16)18(21)15(4)24-17-11-13(2)10-14(3)12-17/h10-12,15-16H,5-9H2,1-4H3/t15-/m1/s1. The van der Waals surface area contributed by atoms with Gasteiger partial charge in [0, 0.05) is 13.1 Å². The highest BCUT2D eigenvalue weighted by atomic mass is 16.5. The summed E-state index contributed by atoms with van der Waals surface area (Å²) in [6.45, 7) is 9.14. The van der Waals surface area contributed by atoms with Crippen LogP contribution in [0.2, 0.25) is 0 Å². The molecule has 1 aromatic carbocycles. The lowest BCUT2D eigenvalue weighted by Gasteiger charge is -2.32. The fourth-order valence-corrected chi connectivity index (χ4v) is 3.11. The first-order valence-corrected chi connectivity index (χ1v) is 8.61. The molecule has 0 bridgehead atoms. The summed E-state index contributed by atoms with van der Waals surface area (Å²) >= 11 is 0. The Bertz CT molecular complexity index is 571. The van der Waals surface area contributed by atoms with Crippen LogP contribution in [0, 0.1) is 19.8 Å².